The third kappa shape index (κ3) is 16.1. The normalized spacial score (nSPS) is 20.0. The van der Waals surface area contributed by atoms with Gasteiger partial charge in [0.05, 0.1) is 20.3 Å². The zero-order valence-corrected chi connectivity index (χ0v) is 30.0. The molecule has 0 aromatic heterocycles. The van der Waals surface area contributed by atoms with Crippen LogP contribution in [0.4, 0.5) is 0 Å². The van der Waals surface area contributed by atoms with E-state index < -0.39 is 0 Å². The van der Waals surface area contributed by atoms with Crippen LogP contribution in [-0.4, -0.2) is 50.3 Å². The van der Waals surface area contributed by atoms with Gasteiger partial charge in [-0.25, -0.2) is 19.2 Å². The molecule has 0 aromatic rings. The molecule has 0 saturated heterocycles. The summed E-state index contributed by atoms with van der Waals surface area (Å²) < 4.78 is 19.6. The Morgan fingerprint density at radius 3 is 1.82 bits per heavy atom. The molecule has 8 nitrogen and oxygen atoms in total. The molecule has 2 aliphatic carbocycles. The predicted octanol–water partition coefficient (Wildman–Crippen LogP) is 8.50. The van der Waals surface area contributed by atoms with Crippen molar-refractivity contribution in [2.75, 3.05) is 20.3 Å². The molecule has 0 amide bonds. The highest BCUT2D eigenvalue weighted by Gasteiger charge is 2.62. The van der Waals surface area contributed by atoms with E-state index in [4.69, 9.17) is 14.2 Å². The number of carbonyl (C=O) groups is 4. The van der Waals surface area contributed by atoms with E-state index in [1.54, 1.807) is 13.8 Å². The van der Waals surface area contributed by atoms with Crippen molar-refractivity contribution in [1.82, 2.24) is 0 Å². The molecule has 0 aliphatic heterocycles. The highest BCUT2D eigenvalue weighted by Crippen LogP contribution is 2.66. The highest BCUT2D eigenvalue weighted by atomic mass is 16.5. The maximum Gasteiger partial charge on any atom is 0.333 e. The smallest absolute Gasteiger partial charge is 0.333 e. The number of esters is 4. The number of carbonyl (C=O) groups excluding carboxylic acids is 4. The zero-order chi connectivity index (χ0) is 35.4. The van der Waals surface area contributed by atoms with Crippen molar-refractivity contribution in [2.24, 2.45) is 22.7 Å². The van der Waals surface area contributed by atoms with Gasteiger partial charge in [0.1, 0.15) is 6.10 Å². The van der Waals surface area contributed by atoms with E-state index in [1.165, 1.54) is 38.9 Å². The Bertz CT molecular complexity index is 1010. The van der Waals surface area contributed by atoms with Gasteiger partial charge in [-0.1, -0.05) is 94.0 Å². The molecule has 2 rings (SSSR count). The predicted molar refractivity (Wildman–Crippen MR) is 181 cm³/mol. The number of fused-ring (bicyclic) bond motifs is 2. The molecule has 45 heavy (non-hydrogen) atoms. The largest absolute Gasteiger partial charge is 0.466 e. The Balaban J connectivity index is 0. The van der Waals surface area contributed by atoms with Crippen LogP contribution in [0.15, 0.2) is 49.1 Å². The van der Waals surface area contributed by atoms with Crippen LogP contribution in [0.2, 0.25) is 0 Å². The van der Waals surface area contributed by atoms with Crippen LogP contribution in [0, 0.1) is 22.7 Å². The van der Waals surface area contributed by atoms with Gasteiger partial charge in [0.2, 0.25) is 0 Å². The molecule has 258 valence electrons. The van der Waals surface area contributed by atoms with E-state index in [9.17, 15) is 19.2 Å². The molecule has 0 aromatic carbocycles. The fourth-order valence-corrected chi connectivity index (χ4v) is 4.98. The lowest BCUT2D eigenvalue weighted by Gasteiger charge is -2.38. The average Bonchev–Trinajstić information content (AvgIpc) is 3.33. The Hall–Kier alpha value is -3.16. The SMILES string of the molecule is C=C(C)C(=O)OC.C=C(C)C(=O)OCC(C)C.C=C(CC)C(=O)OCCCCCC.C=CC(=O)OC1CC2CCC1(C)C2(C)C. The Kier molecular flexibility index (Phi) is 21.8. The van der Waals surface area contributed by atoms with Gasteiger partial charge in [0.25, 0.3) is 0 Å². The number of unbranched alkanes of at least 4 members (excludes halogenated alkanes) is 3. The van der Waals surface area contributed by atoms with Crippen LogP contribution < -0.4 is 0 Å². The summed E-state index contributed by atoms with van der Waals surface area (Å²) in [6, 6.07) is 0. The summed E-state index contributed by atoms with van der Waals surface area (Å²) in [5.74, 6) is -0.0503. The lowest BCUT2D eigenvalue weighted by Crippen LogP contribution is -2.38. The van der Waals surface area contributed by atoms with Gasteiger partial charge >= 0.3 is 23.9 Å². The van der Waals surface area contributed by atoms with Crippen LogP contribution >= 0.6 is 0 Å². The molecule has 3 unspecified atom stereocenters. The van der Waals surface area contributed by atoms with Crippen molar-refractivity contribution < 1.29 is 38.1 Å². The second-order valence-electron chi connectivity index (χ2n) is 12.9. The van der Waals surface area contributed by atoms with Gasteiger partial charge in [0, 0.05) is 28.2 Å². The second kappa shape index (κ2) is 22.4. The Morgan fingerprint density at radius 1 is 0.889 bits per heavy atom. The van der Waals surface area contributed by atoms with E-state index in [0.29, 0.717) is 53.6 Å². The minimum Gasteiger partial charge on any atom is -0.466 e. The molecular weight excluding hydrogens is 572 g/mol. The summed E-state index contributed by atoms with van der Waals surface area (Å²) in [6.45, 7) is 33.1. The molecule has 8 heteroatoms. The van der Waals surface area contributed by atoms with Gasteiger partial charge in [-0.2, -0.15) is 0 Å². The van der Waals surface area contributed by atoms with Crippen LogP contribution in [0.3, 0.4) is 0 Å². The number of hydrogen-bond acceptors (Lipinski definition) is 8. The molecule has 0 heterocycles. The Morgan fingerprint density at radius 2 is 1.47 bits per heavy atom. The number of ether oxygens (including phenoxy) is 4. The summed E-state index contributed by atoms with van der Waals surface area (Å²) >= 11 is 0. The quantitative estimate of drug-likeness (QED) is 0.0859. The van der Waals surface area contributed by atoms with E-state index in [1.807, 2.05) is 20.8 Å². The van der Waals surface area contributed by atoms with Crippen LogP contribution in [-0.2, 0) is 38.1 Å². The molecule has 2 fully saturated rings. The summed E-state index contributed by atoms with van der Waals surface area (Å²) in [7, 11) is 1.33. The summed E-state index contributed by atoms with van der Waals surface area (Å²) in [5, 5.41) is 0. The fourth-order valence-electron chi connectivity index (χ4n) is 4.98. The van der Waals surface area contributed by atoms with Crippen LogP contribution in [0.5, 0.6) is 0 Å². The van der Waals surface area contributed by atoms with Gasteiger partial charge in [-0.15, -0.1) is 0 Å². The van der Waals surface area contributed by atoms with Gasteiger partial charge in [0.15, 0.2) is 0 Å². The Labute approximate surface area is 273 Å². The van der Waals surface area contributed by atoms with Crippen LogP contribution in [0.1, 0.15) is 114 Å². The molecule has 0 N–H and O–H groups in total. The van der Waals surface area contributed by atoms with Crippen molar-refractivity contribution in [3.05, 3.63) is 49.1 Å². The zero-order valence-electron chi connectivity index (χ0n) is 30.0. The van der Waals surface area contributed by atoms with Gasteiger partial charge in [-0.05, 0) is 63.2 Å². The monoisotopic (exact) mass is 634 g/mol. The third-order valence-corrected chi connectivity index (χ3v) is 8.52. The molecule has 0 spiro atoms. The van der Waals surface area contributed by atoms with Gasteiger partial charge in [-0.3, -0.25) is 0 Å². The maximum atomic E-state index is 11.3. The average molecular weight is 635 g/mol. The second-order valence-corrected chi connectivity index (χ2v) is 12.9. The molecule has 2 saturated carbocycles. The van der Waals surface area contributed by atoms with Crippen molar-refractivity contribution >= 4 is 23.9 Å². The standard InChI is InChI=1S/C13H20O2.C11H20O2.C8H14O2.C5H8O2/c1-5-11(14)15-10-8-9-6-7-13(10,4)12(9,2)3;1-4-6-7-8-9-13-11(12)10(3)5-2;1-6(2)5-10-8(9)7(3)4;1-4(2)5(6)7-3/h5,9-10H,1,6-8H2,2-4H3;3-9H2,1-2H3;6H,3,5H2,1-2,4H3;1H2,2-3H3. The van der Waals surface area contributed by atoms with Crippen molar-refractivity contribution in [2.45, 2.75) is 120 Å². The maximum absolute atomic E-state index is 11.3. The summed E-state index contributed by atoms with van der Waals surface area (Å²) in [6.07, 6.45) is 10.1. The number of rotatable bonds is 13. The first-order chi connectivity index (χ1) is 20.9. The summed E-state index contributed by atoms with van der Waals surface area (Å²) in [4.78, 5) is 43.3. The van der Waals surface area contributed by atoms with E-state index in [-0.39, 0.29) is 35.4 Å². The molecule has 2 aliphatic rings. The van der Waals surface area contributed by atoms with E-state index in [2.05, 4.69) is 58.7 Å². The third-order valence-electron chi connectivity index (χ3n) is 8.52. The molecule has 3 atom stereocenters. The first-order valence-electron chi connectivity index (χ1n) is 16.1. The molecule has 2 bridgehead atoms. The minimum atomic E-state index is -0.347. The van der Waals surface area contributed by atoms with Crippen molar-refractivity contribution in [3.8, 4) is 0 Å². The molecule has 0 radical (unpaired) electrons. The number of hydrogen-bond donors (Lipinski definition) is 0. The van der Waals surface area contributed by atoms with Crippen molar-refractivity contribution in [1.29, 1.82) is 0 Å². The van der Waals surface area contributed by atoms with E-state index in [0.717, 1.165) is 19.3 Å². The minimum absolute atomic E-state index is 0.0942. The first-order valence-corrected chi connectivity index (χ1v) is 16.1. The fraction of sp³-hybridized carbons (Fsp3) is 0.676. The van der Waals surface area contributed by atoms with Gasteiger partial charge < -0.3 is 18.9 Å². The molecular formula is C37H62O8. The lowest BCUT2D eigenvalue weighted by molar-refractivity contribution is -0.150. The summed E-state index contributed by atoms with van der Waals surface area (Å²) in [5.41, 5.74) is 1.92. The first kappa shape index (κ1) is 44.0. The van der Waals surface area contributed by atoms with Crippen LogP contribution in [0.25, 0.3) is 0 Å². The highest BCUT2D eigenvalue weighted by molar-refractivity contribution is 5.88. The topological polar surface area (TPSA) is 105 Å². The van der Waals surface area contributed by atoms with E-state index >= 15 is 0 Å². The number of methoxy groups -OCH3 is 1. The van der Waals surface area contributed by atoms with Crippen molar-refractivity contribution in [3.63, 3.8) is 0 Å². The lowest BCUT2D eigenvalue weighted by atomic mass is 9.70.